The Hall–Kier alpha value is -3.86. The molecule has 2 amide bonds. The van der Waals surface area contributed by atoms with E-state index in [4.69, 9.17) is 4.74 Å². The second-order valence-electron chi connectivity index (χ2n) is 9.77. The Morgan fingerprint density at radius 3 is 2.24 bits per heavy atom. The van der Waals surface area contributed by atoms with Crippen LogP contribution in [0.2, 0.25) is 0 Å². The number of benzene rings is 3. The number of aliphatic hydroxyl groups excluding tert-OH is 1. The number of hydrogen-bond donors (Lipinski definition) is 2. The molecule has 2 fully saturated rings. The van der Waals surface area contributed by atoms with Gasteiger partial charge in [0.25, 0.3) is 0 Å². The van der Waals surface area contributed by atoms with Crippen LogP contribution in [0.4, 0.5) is 14.9 Å². The zero-order chi connectivity index (χ0) is 26.5. The Kier molecular flexibility index (Phi) is 7.92. The third-order valence-corrected chi connectivity index (χ3v) is 7.49. The van der Waals surface area contributed by atoms with Gasteiger partial charge in [0.15, 0.2) is 0 Å². The Balaban J connectivity index is 1.30. The van der Waals surface area contributed by atoms with Gasteiger partial charge in [0, 0.05) is 47.9 Å². The molecule has 196 valence electrons. The number of halogens is 1. The van der Waals surface area contributed by atoms with Crippen LogP contribution >= 0.6 is 0 Å². The number of ether oxygens (including phenoxy) is 1. The predicted molar refractivity (Wildman–Crippen MR) is 146 cm³/mol. The number of nitrogens with one attached hydrogen (secondary N) is 1. The summed E-state index contributed by atoms with van der Waals surface area (Å²) in [4.78, 5) is 17.4. The van der Waals surface area contributed by atoms with Gasteiger partial charge in [-0.05, 0) is 85.6 Å². The third-order valence-electron chi connectivity index (χ3n) is 7.49. The van der Waals surface area contributed by atoms with E-state index in [1.165, 1.54) is 12.1 Å². The number of aliphatic hydroxyl groups is 1. The molecular formula is C31H32FN3O3. The van der Waals surface area contributed by atoms with Gasteiger partial charge in [-0.25, -0.2) is 9.18 Å². The summed E-state index contributed by atoms with van der Waals surface area (Å²) in [7, 11) is 1.61. The molecule has 2 saturated heterocycles. The first-order chi connectivity index (χ1) is 18.6. The first-order valence-corrected chi connectivity index (χ1v) is 13.0. The molecule has 38 heavy (non-hydrogen) atoms. The maximum atomic E-state index is 13.2. The fraction of sp³-hybridized carbons (Fsp3) is 0.323. The molecule has 3 aromatic rings. The molecular weight excluding hydrogens is 481 g/mol. The molecule has 0 unspecified atom stereocenters. The lowest BCUT2D eigenvalue weighted by atomic mass is 9.74. The van der Waals surface area contributed by atoms with E-state index >= 15 is 0 Å². The van der Waals surface area contributed by atoms with Crippen molar-refractivity contribution in [3.8, 4) is 17.6 Å². The molecule has 2 N–H and O–H groups in total. The van der Waals surface area contributed by atoms with E-state index in [0.29, 0.717) is 13.1 Å². The average Bonchev–Trinajstić information content (AvgIpc) is 2.93. The fourth-order valence-electron chi connectivity index (χ4n) is 5.47. The summed E-state index contributed by atoms with van der Waals surface area (Å²) in [5.41, 5.74) is 3.49. The van der Waals surface area contributed by atoms with Gasteiger partial charge in [0.05, 0.1) is 13.7 Å². The molecule has 3 atom stereocenters. The molecule has 0 aromatic heterocycles. The van der Waals surface area contributed by atoms with Crippen LogP contribution in [0.25, 0.3) is 0 Å². The van der Waals surface area contributed by atoms with Gasteiger partial charge in [0.2, 0.25) is 0 Å². The van der Waals surface area contributed by atoms with Crippen LogP contribution in [-0.4, -0.2) is 66.4 Å². The second-order valence-corrected chi connectivity index (χ2v) is 9.77. The van der Waals surface area contributed by atoms with Crippen LogP contribution in [0, 0.1) is 17.7 Å². The van der Waals surface area contributed by atoms with E-state index in [-0.39, 0.29) is 36.5 Å². The van der Waals surface area contributed by atoms with Gasteiger partial charge in [0.1, 0.15) is 11.6 Å². The maximum Gasteiger partial charge on any atom is 0.321 e. The van der Waals surface area contributed by atoms with E-state index in [9.17, 15) is 14.3 Å². The lowest BCUT2D eigenvalue weighted by Gasteiger charge is -2.57. The van der Waals surface area contributed by atoms with E-state index in [1.807, 2.05) is 41.3 Å². The minimum atomic E-state index is -0.279. The molecule has 2 aliphatic heterocycles. The van der Waals surface area contributed by atoms with Crippen molar-refractivity contribution in [3.63, 3.8) is 0 Å². The molecule has 7 heteroatoms. The summed E-state index contributed by atoms with van der Waals surface area (Å²) in [6.07, 6.45) is 1.90. The molecule has 0 bridgehead atoms. The van der Waals surface area contributed by atoms with Crippen molar-refractivity contribution in [1.29, 1.82) is 0 Å². The van der Waals surface area contributed by atoms with Crippen LogP contribution in [0.15, 0.2) is 72.8 Å². The number of methoxy groups -OCH3 is 1. The highest BCUT2D eigenvalue weighted by Crippen LogP contribution is 2.42. The quantitative estimate of drug-likeness (QED) is 0.497. The van der Waals surface area contributed by atoms with E-state index in [2.05, 4.69) is 34.2 Å². The molecule has 2 heterocycles. The Morgan fingerprint density at radius 2 is 1.61 bits per heavy atom. The van der Waals surface area contributed by atoms with Crippen LogP contribution in [-0.2, 0) is 0 Å². The van der Waals surface area contributed by atoms with E-state index in [0.717, 1.165) is 47.5 Å². The number of anilines is 1. The number of nitrogens with zero attached hydrogens (tertiary/aromatic N) is 2. The van der Waals surface area contributed by atoms with Gasteiger partial charge < -0.3 is 20.1 Å². The minimum Gasteiger partial charge on any atom is -0.497 e. The van der Waals surface area contributed by atoms with Crippen molar-refractivity contribution in [2.24, 2.45) is 0 Å². The summed E-state index contributed by atoms with van der Waals surface area (Å²) >= 11 is 0. The summed E-state index contributed by atoms with van der Waals surface area (Å²) in [5, 5.41) is 13.2. The highest BCUT2D eigenvalue weighted by Gasteiger charge is 2.49. The van der Waals surface area contributed by atoms with Crippen molar-refractivity contribution in [3.05, 3.63) is 95.3 Å². The second kappa shape index (κ2) is 11.7. The van der Waals surface area contributed by atoms with Gasteiger partial charge in [-0.1, -0.05) is 24.0 Å². The summed E-state index contributed by atoms with van der Waals surface area (Å²) in [5.74, 6) is 6.78. The summed E-state index contributed by atoms with van der Waals surface area (Å²) < 4.78 is 18.3. The number of carbonyl (C=O) groups excluding carboxylic acids is 1. The SMILES string of the molecule is COc1ccc(NC(=O)N2CCCCN3[C@H](CO)[C@H](c4ccc(C#Cc5ccc(F)cc5)cc4)[C@@H]3C2)cc1. The Bertz CT molecular complexity index is 1300. The Labute approximate surface area is 223 Å². The first kappa shape index (κ1) is 25.8. The van der Waals surface area contributed by atoms with Crippen molar-refractivity contribution < 1.29 is 19.0 Å². The van der Waals surface area contributed by atoms with Gasteiger partial charge in [-0.3, -0.25) is 4.90 Å². The lowest BCUT2D eigenvalue weighted by molar-refractivity contribution is -0.0585. The average molecular weight is 514 g/mol. The number of amides is 2. The maximum absolute atomic E-state index is 13.2. The summed E-state index contributed by atoms with van der Waals surface area (Å²) in [6.45, 7) is 2.28. The number of rotatable bonds is 4. The first-order valence-electron chi connectivity index (χ1n) is 13.0. The lowest BCUT2D eigenvalue weighted by Crippen LogP contribution is -2.68. The van der Waals surface area contributed by atoms with Crippen molar-refractivity contribution in [2.45, 2.75) is 30.8 Å². The van der Waals surface area contributed by atoms with Gasteiger partial charge in [-0.2, -0.15) is 0 Å². The van der Waals surface area contributed by atoms with Crippen molar-refractivity contribution >= 4 is 11.7 Å². The number of carbonyl (C=O) groups is 1. The molecule has 3 aromatic carbocycles. The molecule has 2 aliphatic rings. The Morgan fingerprint density at radius 1 is 0.974 bits per heavy atom. The van der Waals surface area contributed by atoms with Crippen molar-refractivity contribution in [2.75, 3.05) is 38.7 Å². The molecule has 0 saturated carbocycles. The van der Waals surface area contributed by atoms with Crippen molar-refractivity contribution in [1.82, 2.24) is 9.80 Å². The van der Waals surface area contributed by atoms with E-state index < -0.39 is 0 Å². The third kappa shape index (κ3) is 5.67. The molecule has 0 aliphatic carbocycles. The highest BCUT2D eigenvalue weighted by molar-refractivity contribution is 5.89. The number of urea groups is 1. The minimum absolute atomic E-state index is 0.0285. The largest absolute Gasteiger partial charge is 0.497 e. The highest BCUT2D eigenvalue weighted by atomic mass is 19.1. The standard InChI is InChI=1S/C31H32FN3O3/c1-38-27-16-14-26(15-17-27)33-31(37)34-18-2-3-19-35-28(20-34)30(29(35)21-36)24-10-6-22(7-11-24)4-5-23-8-12-25(32)13-9-23/h6-17,28-30,36H,2-3,18-21H2,1H3,(H,33,37)/t28-,29+,30+/m0/s1. The smallest absolute Gasteiger partial charge is 0.321 e. The van der Waals surface area contributed by atoms with Gasteiger partial charge >= 0.3 is 6.03 Å². The normalized spacial score (nSPS) is 21.1. The number of fused-ring (bicyclic) bond motifs is 1. The fourth-order valence-corrected chi connectivity index (χ4v) is 5.47. The zero-order valence-electron chi connectivity index (χ0n) is 21.4. The van der Waals surface area contributed by atoms with E-state index in [1.54, 1.807) is 19.2 Å². The van der Waals surface area contributed by atoms with Crippen LogP contribution < -0.4 is 10.1 Å². The van der Waals surface area contributed by atoms with Crippen LogP contribution in [0.1, 0.15) is 35.4 Å². The zero-order valence-corrected chi connectivity index (χ0v) is 21.4. The van der Waals surface area contributed by atoms with Crippen LogP contribution in [0.5, 0.6) is 5.75 Å². The molecule has 6 nitrogen and oxygen atoms in total. The summed E-state index contributed by atoms with van der Waals surface area (Å²) in [6, 6.07) is 21.6. The topological polar surface area (TPSA) is 65.0 Å². The molecule has 5 rings (SSSR count). The van der Waals surface area contributed by atoms with Crippen LogP contribution in [0.3, 0.4) is 0 Å². The number of hydrogen-bond acceptors (Lipinski definition) is 4. The molecule has 0 spiro atoms. The predicted octanol–water partition coefficient (Wildman–Crippen LogP) is 4.69. The molecule has 0 radical (unpaired) electrons. The monoisotopic (exact) mass is 513 g/mol. The van der Waals surface area contributed by atoms with Gasteiger partial charge in [-0.15, -0.1) is 0 Å².